The van der Waals surface area contributed by atoms with Crippen molar-refractivity contribution in [2.75, 3.05) is 6.61 Å². The second kappa shape index (κ2) is 10.9. The molecule has 0 unspecified atom stereocenters. The molecule has 7 heteroatoms. The van der Waals surface area contributed by atoms with Gasteiger partial charge in [0.05, 0.1) is 6.20 Å². The zero-order chi connectivity index (χ0) is 24.8. The highest BCUT2D eigenvalue weighted by atomic mass is 35.5. The SMILES string of the molecule is O=C(O)COc1cnc(C(=O)c2ccc(C(=O)CCCc3ccc(Cl)cc3)cc2)c2ccccc12. The van der Waals surface area contributed by atoms with Crippen LogP contribution in [0.5, 0.6) is 5.75 Å². The number of hydrogen-bond donors (Lipinski definition) is 1. The van der Waals surface area contributed by atoms with Gasteiger partial charge in [-0.15, -0.1) is 0 Å². The van der Waals surface area contributed by atoms with Gasteiger partial charge in [-0.1, -0.05) is 72.3 Å². The molecule has 4 aromatic rings. The van der Waals surface area contributed by atoms with E-state index in [2.05, 4.69) is 4.98 Å². The molecule has 0 spiro atoms. The van der Waals surface area contributed by atoms with Crippen LogP contribution in [0.4, 0.5) is 0 Å². The van der Waals surface area contributed by atoms with Crippen LogP contribution in [0.15, 0.2) is 79.0 Å². The number of aryl methyl sites for hydroxylation is 1. The van der Waals surface area contributed by atoms with Gasteiger partial charge in [0.25, 0.3) is 0 Å². The third kappa shape index (κ3) is 5.91. The highest BCUT2D eigenvalue weighted by Crippen LogP contribution is 2.28. The molecule has 1 N–H and O–H groups in total. The summed E-state index contributed by atoms with van der Waals surface area (Å²) < 4.78 is 5.31. The van der Waals surface area contributed by atoms with Gasteiger partial charge in [-0.2, -0.15) is 0 Å². The third-order valence-electron chi connectivity index (χ3n) is 5.58. The Hall–Kier alpha value is -4.03. The maximum Gasteiger partial charge on any atom is 0.341 e. The normalized spacial score (nSPS) is 10.8. The Morgan fingerprint density at radius 1 is 0.857 bits per heavy atom. The summed E-state index contributed by atoms with van der Waals surface area (Å²) in [5.41, 5.74) is 2.31. The Bertz CT molecular complexity index is 1380. The highest BCUT2D eigenvalue weighted by molar-refractivity contribution is 6.30. The molecule has 0 aliphatic heterocycles. The van der Waals surface area contributed by atoms with Gasteiger partial charge in [0, 0.05) is 33.3 Å². The molecule has 0 bridgehead atoms. The van der Waals surface area contributed by atoms with Crippen LogP contribution < -0.4 is 4.74 Å². The van der Waals surface area contributed by atoms with Gasteiger partial charge in [0.2, 0.25) is 5.78 Å². The smallest absolute Gasteiger partial charge is 0.341 e. The maximum atomic E-state index is 13.2. The Balaban J connectivity index is 1.45. The molecule has 4 rings (SSSR count). The molecule has 0 aliphatic carbocycles. The number of carbonyl (C=O) groups excluding carboxylic acids is 2. The summed E-state index contributed by atoms with van der Waals surface area (Å²) in [6, 6.07) is 21.2. The lowest BCUT2D eigenvalue weighted by Crippen LogP contribution is -2.11. The van der Waals surface area contributed by atoms with Crippen molar-refractivity contribution >= 4 is 39.9 Å². The predicted octanol–water partition coefficient (Wildman–Crippen LogP) is 5.79. The number of carboxylic acid groups (broad SMARTS) is 1. The minimum atomic E-state index is -1.10. The number of carbonyl (C=O) groups is 3. The number of pyridine rings is 1. The number of aromatic nitrogens is 1. The van der Waals surface area contributed by atoms with Gasteiger partial charge in [-0.05, 0) is 30.5 Å². The van der Waals surface area contributed by atoms with Crippen molar-refractivity contribution in [3.05, 3.63) is 106 Å². The maximum absolute atomic E-state index is 13.2. The minimum absolute atomic E-state index is 0.0152. The minimum Gasteiger partial charge on any atom is -0.480 e. The van der Waals surface area contributed by atoms with E-state index in [0.29, 0.717) is 45.5 Å². The van der Waals surface area contributed by atoms with Crippen molar-refractivity contribution in [3.8, 4) is 5.75 Å². The van der Waals surface area contributed by atoms with Gasteiger partial charge < -0.3 is 9.84 Å². The van der Waals surface area contributed by atoms with Crippen LogP contribution in [0.2, 0.25) is 5.02 Å². The van der Waals surface area contributed by atoms with Crippen LogP contribution in [0.1, 0.15) is 44.8 Å². The predicted molar refractivity (Wildman–Crippen MR) is 133 cm³/mol. The average molecular weight is 488 g/mol. The van der Waals surface area contributed by atoms with E-state index in [9.17, 15) is 14.4 Å². The van der Waals surface area contributed by atoms with E-state index in [1.165, 1.54) is 6.20 Å². The lowest BCUT2D eigenvalue weighted by atomic mass is 9.98. The standard InChI is InChI=1S/C28H22ClNO5/c29-21-14-8-18(9-15-21)4-3-7-24(31)19-10-12-20(13-11-19)28(34)27-23-6-2-1-5-22(23)25(16-30-27)35-17-26(32)33/h1-2,5-6,8-16H,3-4,7,17H2,(H,32,33). The first kappa shape index (κ1) is 24.1. The molecule has 176 valence electrons. The zero-order valence-electron chi connectivity index (χ0n) is 18.7. The number of ketones is 2. The number of fused-ring (bicyclic) bond motifs is 1. The summed E-state index contributed by atoms with van der Waals surface area (Å²) >= 11 is 5.90. The van der Waals surface area contributed by atoms with Gasteiger partial charge in [0.1, 0.15) is 11.4 Å². The zero-order valence-corrected chi connectivity index (χ0v) is 19.5. The first-order valence-corrected chi connectivity index (χ1v) is 11.4. The monoisotopic (exact) mass is 487 g/mol. The van der Waals surface area contributed by atoms with Crippen molar-refractivity contribution in [2.45, 2.75) is 19.3 Å². The molecule has 0 atom stereocenters. The molecular weight excluding hydrogens is 466 g/mol. The number of halogens is 1. The van der Waals surface area contributed by atoms with E-state index in [0.717, 1.165) is 12.0 Å². The summed E-state index contributed by atoms with van der Waals surface area (Å²) in [6.45, 7) is -0.506. The van der Waals surface area contributed by atoms with Gasteiger partial charge >= 0.3 is 5.97 Å². The van der Waals surface area contributed by atoms with E-state index in [4.69, 9.17) is 21.4 Å². The fourth-order valence-corrected chi connectivity index (χ4v) is 3.92. The number of hydrogen-bond acceptors (Lipinski definition) is 5. The molecule has 0 radical (unpaired) electrons. The van der Waals surface area contributed by atoms with Crippen molar-refractivity contribution in [1.82, 2.24) is 4.98 Å². The van der Waals surface area contributed by atoms with Crippen LogP contribution >= 0.6 is 11.6 Å². The fourth-order valence-electron chi connectivity index (χ4n) is 3.79. The Morgan fingerprint density at radius 2 is 1.51 bits per heavy atom. The molecule has 0 saturated heterocycles. The third-order valence-corrected chi connectivity index (χ3v) is 5.83. The number of nitrogens with zero attached hydrogens (tertiary/aromatic N) is 1. The Labute approximate surface area is 207 Å². The first-order valence-electron chi connectivity index (χ1n) is 11.1. The quantitative estimate of drug-likeness (QED) is 0.285. The number of ether oxygens (including phenoxy) is 1. The van der Waals surface area contributed by atoms with Crippen LogP contribution in [-0.2, 0) is 11.2 Å². The molecule has 3 aromatic carbocycles. The lowest BCUT2D eigenvalue weighted by Gasteiger charge is -2.10. The van der Waals surface area contributed by atoms with Crippen LogP contribution in [0, 0.1) is 0 Å². The number of carboxylic acids is 1. The number of Topliss-reactive ketones (excluding diaryl/α,β-unsaturated/α-hetero) is 1. The summed E-state index contributed by atoms with van der Waals surface area (Å²) in [7, 11) is 0. The Kier molecular flexibility index (Phi) is 7.53. The van der Waals surface area contributed by atoms with Crippen molar-refractivity contribution in [3.63, 3.8) is 0 Å². The van der Waals surface area contributed by atoms with E-state index in [1.807, 2.05) is 24.3 Å². The molecule has 0 amide bonds. The second-order valence-electron chi connectivity index (χ2n) is 8.01. The van der Waals surface area contributed by atoms with E-state index < -0.39 is 12.6 Å². The largest absolute Gasteiger partial charge is 0.480 e. The van der Waals surface area contributed by atoms with Crippen LogP contribution in [0.25, 0.3) is 10.8 Å². The lowest BCUT2D eigenvalue weighted by molar-refractivity contribution is -0.139. The number of aliphatic carboxylic acids is 1. The Morgan fingerprint density at radius 3 is 2.20 bits per heavy atom. The summed E-state index contributed by atoms with van der Waals surface area (Å²) in [5.74, 6) is -1.10. The van der Waals surface area contributed by atoms with Gasteiger partial charge in [-0.3, -0.25) is 9.59 Å². The second-order valence-corrected chi connectivity index (χ2v) is 8.45. The van der Waals surface area contributed by atoms with Crippen LogP contribution in [-0.4, -0.2) is 34.2 Å². The van der Waals surface area contributed by atoms with Gasteiger partial charge in [-0.25, -0.2) is 9.78 Å². The molecular formula is C28H22ClNO5. The molecule has 0 saturated carbocycles. The van der Waals surface area contributed by atoms with E-state index >= 15 is 0 Å². The average Bonchev–Trinajstić information content (AvgIpc) is 2.88. The molecule has 0 fully saturated rings. The molecule has 1 heterocycles. The molecule has 0 aliphatic rings. The van der Waals surface area contributed by atoms with Crippen molar-refractivity contribution < 1.29 is 24.2 Å². The first-order chi connectivity index (χ1) is 16.9. The molecule has 1 aromatic heterocycles. The summed E-state index contributed by atoms with van der Waals surface area (Å²) in [6.07, 6.45) is 3.26. The molecule has 35 heavy (non-hydrogen) atoms. The fraction of sp³-hybridized carbons (Fsp3) is 0.143. The topological polar surface area (TPSA) is 93.6 Å². The number of rotatable bonds is 10. The summed E-state index contributed by atoms with van der Waals surface area (Å²) in [5, 5.41) is 10.7. The number of benzene rings is 3. The highest BCUT2D eigenvalue weighted by Gasteiger charge is 2.17. The van der Waals surface area contributed by atoms with E-state index in [1.54, 1.807) is 48.5 Å². The van der Waals surface area contributed by atoms with Crippen LogP contribution in [0.3, 0.4) is 0 Å². The van der Waals surface area contributed by atoms with Crippen molar-refractivity contribution in [2.24, 2.45) is 0 Å². The van der Waals surface area contributed by atoms with Crippen molar-refractivity contribution in [1.29, 1.82) is 0 Å². The van der Waals surface area contributed by atoms with E-state index in [-0.39, 0.29) is 17.3 Å². The summed E-state index contributed by atoms with van der Waals surface area (Å²) in [4.78, 5) is 40.9. The molecule has 6 nitrogen and oxygen atoms in total. The van der Waals surface area contributed by atoms with Gasteiger partial charge in [0.15, 0.2) is 12.4 Å².